The van der Waals surface area contributed by atoms with Crippen molar-refractivity contribution in [1.82, 2.24) is 20.4 Å². The van der Waals surface area contributed by atoms with Gasteiger partial charge in [0.05, 0.1) is 18.9 Å². The zero-order valence-corrected chi connectivity index (χ0v) is 17.0. The van der Waals surface area contributed by atoms with Crippen LogP contribution < -0.4 is 14.7 Å². The van der Waals surface area contributed by atoms with Gasteiger partial charge in [0.1, 0.15) is 0 Å². The molecule has 150 valence electrons. The van der Waals surface area contributed by atoms with Crippen LogP contribution in [0.15, 0.2) is 24.3 Å². The molecule has 0 amide bonds. The number of hydrogen-bond donors (Lipinski definition) is 0. The number of ether oxygens (including phenoxy) is 1. The van der Waals surface area contributed by atoms with Crippen LogP contribution in [-0.2, 0) is 10.2 Å². The fourth-order valence-corrected chi connectivity index (χ4v) is 3.51. The summed E-state index contributed by atoms with van der Waals surface area (Å²) in [5, 5.41) is 17.8. The smallest absolute Gasteiger partial charge is 0.151 e. The van der Waals surface area contributed by atoms with Crippen molar-refractivity contribution in [3.63, 3.8) is 0 Å². The van der Waals surface area contributed by atoms with Crippen molar-refractivity contribution in [3.05, 3.63) is 30.0 Å². The van der Waals surface area contributed by atoms with Gasteiger partial charge < -0.3 is 19.4 Å². The van der Waals surface area contributed by atoms with Crippen LogP contribution in [0.1, 0.15) is 26.5 Å². The topological polar surface area (TPSA) is 70.5 Å². The number of hydrogen-bond acceptors (Lipinski definition) is 8. The van der Waals surface area contributed by atoms with Crippen LogP contribution in [0.3, 0.4) is 0 Å². The summed E-state index contributed by atoms with van der Waals surface area (Å²) in [4.78, 5) is 6.78. The predicted molar refractivity (Wildman–Crippen MR) is 110 cm³/mol. The highest BCUT2D eigenvalue weighted by Gasteiger charge is 2.22. The summed E-state index contributed by atoms with van der Waals surface area (Å²) in [6, 6.07) is 8.31. The van der Waals surface area contributed by atoms with E-state index in [1.165, 1.54) is 0 Å². The Labute approximate surface area is 166 Å². The van der Waals surface area contributed by atoms with Crippen molar-refractivity contribution >= 4 is 17.5 Å². The number of rotatable bonds is 3. The molecule has 0 saturated carbocycles. The van der Waals surface area contributed by atoms with Gasteiger partial charge in [-0.15, -0.1) is 15.3 Å². The first-order valence-corrected chi connectivity index (χ1v) is 10.0. The van der Waals surface area contributed by atoms with Crippen LogP contribution in [0.5, 0.6) is 0 Å². The van der Waals surface area contributed by atoms with Gasteiger partial charge in [0, 0.05) is 44.7 Å². The molecule has 2 aromatic heterocycles. The number of anilines is 3. The average Bonchev–Trinajstić information content (AvgIpc) is 2.74. The van der Waals surface area contributed by atoms with E-state index < -0.39 is 0 Å². The predicted octanol–water partition coefficient (Wildman–Crippen LogP) is 1.73. The average molecular weight is 384 g/mol. The molecule has 8 nitrogen and oxygen atoms in total. The minimum atomic E-state index is 0.0241. The molecule has 2 aromatic rings. The fraction of sp³-hybridized carbons (Fsp3) is 0.600. The van der Waals surface area contributed by atoms with Gasteiger partial charge in [-0.05, 0) is 24.3 Å². The van der Waals surface area contributed by atoms with Crippen LogP contribution in [0.25, 0.3) is 0 Å². The lowest BCUT2D eigenvalue weighted by Crippen LogP contribution is -2.47. The van der Waals surface area contributed by atoms with Gasteiger partial charge in [-0.25, -0.2) is 0 Å². The number of piperazine rings is 1. The SMILES string of the molecule is CC(C)(C)c1ccc(N2CCN(c3ccc(N4CCOCC4)nn3)CC2)nn1. The van der Waals surface area contributed by atoms with E-state index in [0.717, 1.165) is 75.6 Å². The third kappa shape index (κ3) is 4.16. The maximum absolute atomic E-state index is 5.40. The molecule has 8 heteroatoms. The van der Waals surface area contributed by atoms with E-state index in [2.05, 4.69) is 80.1 Å². The largest absolute Gasteiger partial charge is 0.378 e. The number of morpholine rings is 1. The lowest BCUT2D eigenvalue weighted by Gasteiger charge is -2.36. The summed E-state index contributed by atoms with van der Waals surface area (Å²) in [6.07, 6.45) is 0. The molecule has 0 spiro atoms. The Morgan fingerprint density at radius 1 is 0.643 bits per heavy atom. The maximum atomic E-state index is 5.40. The molecule has 2 saturated heterocycles. The summed E-state index contributed by atoms with van der Waals surface area (Å²) >= 11 is 0. The Morgan fingerprint density at radius 2 is 1.07 bits per heavy atom. The van der Waals surface area contributed by atoms with Crippen molar-refractivity contribution < 1.29 is 4.74 Å². The van der Waals surface area contributed by atoms with Crippen LogP contribution in [-0.4, -0.2) is 72.9 Å². The molecule has 28 heavy (non-hydrogen) atoms. The third-order valence-corrected chi connectivity index (χ3v) is 5.32. The third-order valence-electron chi connectivity index (χ3n) is 5.32. The highest BCUT2D eigenvalue weighted by molar-refractivity contribution is 5.47. The minimum Gasteiger partial charge on any atom is -0.378 e. The molecule has 4 rings (SSSR count). The van der Waals surface area contributed by atoms with Gasteiger partial charge in [0.25, 0.3) is 0 Å². The Hall–Kier alpha value is -2.48. The van der Waals surface area contributed by atoms with Crippen LogP contribution in [0, 0.1) is 0 Å². The van der Waals surface area contributed by atoms with Crippen molar-refractivity contribution in [2.75, 3.05) is 67.2 Å². The molecule has 0 bridgehead atoms. The minimum absolute atomic E-state index is 0.0241. The molecular formula is C20H29N7O. The van der Waals surface area contributed by atoms with Crippen molar-refractivity contribution in [2.45, 2.75) is 26.2 Å². The maximum Gasteiger partial charge on any atom is 0.151 e. The molecule has 0 aromatic carbocycles. The van der Waals surface area contributed by atoms with E-state index in [9.17, 15) is 0 Å². The van der Waals surface area contributed by atoms with Gasteiger partial charge in [-0.3, -0.25) is 0 Å². The second kappa shape index (κ2) is 7.87. The molecule has 4 heterocycles. The van der Waals surface area contributed by atoms with E-state index in [1.807, 2.05) is 0 Å². The Morgan fingerprint density at radius 3 is 1.46 bits per heavy atom. The standard InChI is InChI=1S/C20H29N7O/c1-20(2,3)16-4-5-17(22-21-16)25-8-10-26(11-9-25)18-6-7-19(24-23-18)27-12-14-28-15-13-27/h4-7H,8-15H2,1-3H3. The van der Waals surface area contributed by atoms with E-state index in [4.69, 9.17) is 4.74 Å². The fourth-order valence-electron chi connectivity index (χ4n) is 3.51. The summed E-state index contributed by atoms with van der Waals surface area (Å²) in [5.41, 5.74) is 1.04. The molecule has 2 aliphatic rings. The molecule has 0 N–H and O–H groups in total. The summed E-state index contributed by atoms with van der Waals surface area (Å²) in [6.45, 7) is 13.3. The summed E-state index contributed by atoms with van der Waals surface area (Å²) in [7, 11) is 0. The monoisotopic (exact) mass is 383 g/mol. The van der Waals surface area contributed by atoms with Crippen molar-refractivity contribution in [2.24, 2.45) is 0 Å². The zero-order valence-electron chi connectivity index (χ0n) is 17.0. The Kier molecular flexibility index (Phi) is 5.30. The quantitative estimate of drug-likeness (QED) is 0.794. The first-order valence-electron chi connectivity index (χ1n) is 10.0. The molecule has 0 radical (unpaired) electrons. The second-order valence-electron chi connectivity index (χ2n) is 8.35. The lowest BCUT2D eigenvalue weighted by atomic mass is 9.92. The van der Waals surface area contributed by atoms with Crippen LogP contribution in [0.2, 0.25) is 0 Å². The number of aromatic nitrogens is 4. The normalized spacial score (nSPS) is 18.5. The van der Waals surface area contributed by atoms with Gasteiger partial charge >= 0.3 is 0 Å². The van der Waals surface area contributed by atoms with Crippen LogP contribution >= 0.6 is 0 Å². The molecule has 0 unspecified atom stereocenters. The van der Waals surface area contributed by atoms with E-state index in [-0.39, 0.29) is 5.41 Å². The highest BCUT2D eigenvalue weighted by atomic mass is 16.5. The second-order valence-corrected chi connectivity index (χ2v) is 8.35. The van der Waals surface area contributed by atoms with Gasteiger partial charge in [0.2, 0.25) is 0 Å². The molecule has 2 fully saturated rings. The first-order chi connectivity index (χ1) is 13.5. The highest BCUT2D eigenvalue weighted by Crippen LogP contribution is 2.22. The number of nitrogens with zero attached hydrogens (tertiary/aromatic N) is 7. The Bertz CT molecular complexity index is 759. The van der Waals surface area contributed by atoms with Crippen molar-refractivity contribution in [3.8, 4) is 0 Å². The van der Waals surface area contributed by atoms with Gasteiger partial charge in [0.15, 0.2) is 17.5 Å². The van der Waals surface area contributed by atoms with Crippen molar-refractivity contribution in [1.29, 1.82) is 0 Å². The van der Waals surface area contributed by atoms with Crippen LogP contribution in [0.4, 0.5) is 17.5 Å². The van der Waals surface area contributed by atoms with E-state index >= 15 is 0 Å². The molecule has 0 aliphatic carbocycles. The first kappa shape index (κ1) is 18.9. The van der Waals surface area contributed by atoms with E-state index in [1.54, 1.807) is 0 Å². The van der Waals surface area contributed by atoms with E-state index in [0.29, 0.717) is 0 Å². The summed E-state index contributed by atoms with van der Waals surface area (Å²) in [5.74, 6) is 2.81. The Balaban J connectivity index is 1.35. The molecule has 2 aliphatic heterocycles. The summed E-state index contributed by atoms with van der Waals surface area (Å²) < 4.78 is 5.40. The molecular weight excluding hydrogens is 354 g/mol. The zero-order chi connectivity index (χ0) is 19.6. The molecule has 0 atom stereocenters. The lowest BCUT2D eigenvalue weighted by molar-refractivity contribution is 0.122. The van der Waals surface area contributed by atoms with Gasteiger partial charge in [-0.1, -0.05) is 20.8 Å². The van der Waals surface area contributed by atoms with Gasteiger partial charge in [-0.2, -0.15) is 5.10 Å².